The lowest BCUT2D eigenvalue weighted by Gasteiger charge is -2.30. The Hall–Kier alpha value is -1.60. The first-order valence-corrected chi connectivity index (χ1v) is 10.4. The Labute approximate surface area is 150 Å². The fourth-order valence-corrected chi connectivity index (χ4v) is 5.40. The van der Waals surface area contributed by atoms with Crippen molar-refractivity contribution in [1.82, 2.24) is 10.2 Å². The molecule has 0 aromatic heterocycles. The summed E-state index contributed by atoms with van der Waals surface area (Å²) in [7, 11) is -1.41. The molecule has 0 unspecified atom stereocenters. The maximum atomic E-state index is 12.5. The quantitative estimate of drug-likeness (QED) is 0.794. The van der Waals surface area contributed by atoms with Crippen molar-refractivity contribution in [1.29, 1.82) is 0 Å². The minimum absolute atomic E-state index is 0.0172. The average Bonchev–Trinajstić information content (AvgIpc) is 2.84. The van der Waals surface area contributed by atoms with Crippen LogP contribution < -0.4 is 10.1 Å². The third-order valence-corrected chi connectivity index (χ3v) is 6.72. The summed E-state index contributed by atoms with van der Waals surface area (Å²) in [6.45, 7) is 6.79. The number of nitrogens with zero attached hydrogens (tertiary/aromatic N) is 1. The van der Waals surface area contributed by atoms with Crippen LogP contribution in [-0.2, 0) is 14.6 Å². The number of amides is 1. The average molecular weight is 368 g/mol. The molecule has 1 aromatic rings. The summed E-state index contributed by atoms with van der Waals surface area (Å²) in [5.41, 5.74) is 0.415. The van der Waals surface area contributed by atoms with Gasteiger partial charge in [-0.25, -0.2) is 8.42 Å². The molecule has 1 N–H and O–H groups in total. The summed E-state index contributed by atoms with van der Waals surface area (Å²) < 4.78 is 28.6. The zero-order valence-corrected chi connectivity index (χ0v) is 16.2. The van der Waals surface area contributed by atoms with Gasteiger partial charge < -0.3 is 10.1 Å². The fraction of sp³-hybridized carbons (Fsp3) is 0.611. The van der Waals surface area contributed by atoms with E-state index < -0.39 is 15.4 Å². The minimum Gasteiger partial charge on any atom is -0.497 e. The Morgan fingerprint density at radius 3 is 2.72 bits per heavy atom. The van der Waals surface area contributed by atoms with E-state index >= 15 is 0 Å². The second kappa shape index (κ2) is 7.74. The molecule has 1 aromatic carbocycles. The maximum Gasteiger partial charge on any atom is 0.234 e. The molecule has 25 heavy (non-hydrogen) atoms. The van der Waals surface area contributed by atoms with Crippen LogP contribution in [0.2, 0.25) is 0 Å². The zero-order chi connectivity index (χ0) is 18.7. The molecule has 7 heteroatoms. The van der Waals surface area contributed by atoms with Crippen LogP contribution >= 0.6 is 0 Å². The van der Waals surface area contributed by atoms with Crippen molar-refractivity contribution in [3.8, 4) is 5.75 Å². The lowest BCUT2D eigenvalue weighted by atomic mass is 10.0. The number of methoxy groups -OCH3 is 1. The monoisotopic (exact) mass is 368 g/mol. The Morgan fingerprint density at radius 1 is 1.44 bits per heavy atom. The van der Waals surface area contributed by atoms with E-state index in [2.05, 4.69) is 10.2 Å². The van der Waals surface area contributed by atoms with E-state index in [1.807, 2.05) is 38.1 Å². The Morgan fingerprint density at radius 2 is 2.16 bits per heavy atom. The van der Waals surface area contributed by atoms with Crippen LogP contribution in [0.5, 0.6) is 5.75 Å². The van der Waals surface area contributed by atoms with Gasteiger partial charge in [-0.3, -0.25) is 9.69 Å². The smallest absolute Gasteiger partial charge is 0.234 e. The van der Waals surface area contributed by atoms with Gasteiger partial charge in [0, 0.05) is 6.04 Å². The third-order valence-electron chi connectivity index (χ3n) is 4.82. The molecular weight excluding hydrogens is 340 g/mol. The van der Waals surface area contributed by atoms with Crippen molar-refractivity contribution in [2.45, 2.75) is 38.8 Å². The summed E-state index contributed by atoms with van der Waals surface area (Å²) in [5, 5.41) is 2.92. The number of likely N-dealkylation sites (N-methyl/N-ethyl adjacent to an activating group) is 1. The maximum absolute atomic E-state index is 12.5. The first-order chi connectivity index (χ1) is 11.7. The molecule has 1 fully saturated rings. The van der Waals surface area contributed by atoms with Crippen molar-refractivity contribution in [3.05, 3.63) is 29.8 Å². The van der Waals surface area contributed by atoms with Gasteiger partial charge in [0.1, 0.15) is 5.75 Å². The molecule has 0 spiro atoms. The van der Waals surface area contributed by atoms with E-state index in [0.717, 1.165) is 11.3 Å². The van der Waals surface area contributed by atoms with Gasteiger partial charge in [0.25, 0.3) is 0 Å². The predicted molar refractivity (Wildman–Crippen MR) is 98.5 cm³/mol. The number of carbonyl (C=O) groups excluding carboxylic acids is 1. The zero-order valence-electron chi connectivity index (χ0n) is 15.4. The Bertz CT molecular complexity index is 720. The lowest BCUT2D eigenvalue weighted by molar-refractivity contribution is -0.124. The molecule has 6 nitrogen and oxygen atoms in total. The topological polar surface area (TPSA) is 75.7 Å². The van der Waals surface area contributed by atoms with Gasteiger partial charge in [-0.15, -0.1) is 0 Å². The van der Waals surface area contributed by atoms with E-state index in [9.17, 15) is 13.2 Å². The highest BCUT2D eigenvalue weighted by Gasteiger charge is 2.39. The summed E-state index contributed by atoms with van der Waals surface area (Å²) in [5.74, 6) is 0.801. The van der Waals surface area contributed by atoms with Crippen LogP contribution in [0.15, 0.2) is 24.3 Å². The van der Waals surface area contributed by atoms with E-state index in [0.29, 0.717) is 13.0 Å². The molecule has 2 rings (SSSR count). The molecule has 1 aliphatic heterocycles. The minimum atomic E-state index is -3.04. The number of hydrogen-bond acceptors (Lipinski definition) is 5. The SMILES string of the molecule is CCN(CC(=O)N[C@]1(C)CCS(=O)(=O)C1)[C@@H](C)c1cccc(OC)c1. The number of rotatable bonds is 7. The van der Waals surface area contributed by atoms with Gasteiger partial charge in [-0.05, 0) is 44.5 Å². The normalized spacial score (nSPS) is 23.4. The van der Waals surface area contributed by atoms with Crippen LogP contribution in [0.3, 0.4) is 0 Å². The molecule has 0 bridgehead atoms. The molecular formula is C18H28N2O4S. The van der Waals surface area contributed by atoms with Crippen molar-refractivity contribution in [2.75, 3.05) is 31.7 Å². The van der Waals surface area contributed by atoms with Gasteiger partial charge >= 0.3 is 0 Å². The van der Waals surface area contributed by atoms with Gasteiger partial charge in [-0.2, -0.15) is 0 Å². The molecule has 0 aliphatic carbocycles. The van der Waals surface area contributed by atoms with Crippen molar-refractivity contribution in [3.63, 3.8) is 0 Å². The molecule has 0 saturated carbocycles. The summed E-state index contributed by atoms with van der Waals surface area (Å²) in [4.78, 5) is 14.5. The Balaban J connectivity index is 2.02. The fourth-order valence-electron chi connectivity index (χ4n) is 3.30. The van der Waals surface area contributed by atoms with Crippen LogP contribution in [0.4, 0.5) is 0 Å². The molecule has 1 amide bonds. The lowest BCUT2D eigenvalue weighted by Crippen LogP contribution is -2.50. The summed E-state index contributed by atoms with van der Waals surface area (Å²) >= 11 is 0. The summed E-state index contributed by atoms with van der Waals surface area (Å²) in [6, 6.07) is 7.85. The highest BCUT2D eigenvalue weighted by molar-refractivity contribution is 7.91. The predicted octanol–water partition coefficient (Wildman–Crippen LogP) is 1.77. The molecule has 140 valence electrons. The van der Waals surface area contributed by atoms with Crippen molar-refractivity contribution >= 4 is 15.7 Å². The van der Waals surface area contributed by atoms with E-state index in [-0.39, 0.29) is 30.0 Å². The van der Waals surface area contributed by atoms with Crippen LogP contribution in [0.1, 0.15) is 38.8 Å². The van der Waals surface area contributed by atoms with Crippen LogP contribution in [0.25, 0.3) is 0 Å². The second-order valence-corrected chi connectivity index (χ2v) is 9.15. The number of carbonyl (C=O) groups is 1. The van der Waals surface area contributed by atoms with E-state index in [4.69, 9.17) is 4.74 Å². The van der Waals surface area contributed by atoms with Crippen molar-refractivity contribution in [2.24, 2.45) is 0 Å². The largest absolute Gasteiger partial charge is 0.497 e. The number of hydrogen-bond donors (Lipinski definition) is 1. The van der Waals surface area contributed by atoms with E-state index in [1.165, 1.54) is 0 Å². The highest BCUT2D eigenvalue weighted by Crippen LogP contribution is 2.25. The summed E-state index contributed by atoms with van der Waals surface area (Å²) in [6.07, 6.45) is 0.471. The molecule has 0 radical (unpaired) electrons. The first kappa shape index (κ1) is 19.7. The van der Waals surface area contributed by atoms with Crippen LogP contribution in [0, 0.1) is 0 Å². The van der Waals surface area contributed by atoms with Gasteiger partial charge in [0.2, 0.25) is 5.91 Å². The molecule has 2 atom stereocenters. The van der Waals surface area contributed by atoms with Crippen molar-refractivity contribution < 1.29 is 17.9 Å². The van der Waals surface area contributed by atoms with E-state index in [1.54, 1.807) is 14.0 Å². The van der Waals surface area contributed by atoms with Gasteiger partial charge in [0.15, 0.2) is 9.84 Å². The number of sulfone groups is 1. The number of benzene rings is 1. The second-order valence-electron chi connectivity index (χ2n) is 6.97. The molecule has 1 saturated heterocycles. The number of ether oxygens (including phenoxy) is 1. The highest BCUT2D eigenvalue weighted by atomic mass is 32.2. The molecule has 1 heterocycles. The van der Waals surface area contributed by atoms with Gasteiger partial charge in [-0.1, -0.05) is 19.1 Å². The molecule has 1 aliphatic rings. The van der Waals surface area contributed by atoms with Gasteiger partial charge in [0.05, 0.1) is 30.7 Å². The number of nitrogens with one attached hydrogen (secondary N) is 1. The standard InChI is InChI=1S/C18H28N2O4S/c1-5-20(14(2)15-7-6-8-16(11-15)24-4)12-17(21)19-18(3)9-10-25(22,23)13-18/h6-8,11,14H,5,9-10,12-13H2,1-4H3,(H,19,21)/t14-,18+/m0/s1. The first-order valence-electron chi connectivity index (χ1n) is 8.57. The van der Waals surface area contributed by atoms with Crippen LogP contribution in [-0.4, -0.2) is 56.5 Å². The Kier molecular flexibility index (Phi) is 6.11. The third kappa shape index (κ3) is 5.19.